The molecule has 0 radical (unpaired) electrons. The minimum absolute atomic E-state index is 0.0584. The number of halogens is 1. The van der Waals surface area contributed by atoms with Gasteiger partial charge in [0.1, 0.15) is 12.6 Å². The summed E-state index contributed by atoms with van der Waals surface area (Å²) < 4.78 is 28.9. The zero-order valence-corrected chi connectivity index (χ0v) is 25.3. The van der Waals surface area contributed by atoms with Gasteiger partial charge in [0.2, 0.25) is 11.8 Å². The molecule has 0 fully saturated rings. The molecule has 0 heterocycles. The highest BCUT2D eigenvalue weighted by atomic mass is 35.5. The Balaban J connectivity index is 2.03. The Hall–Kier alpha value is -3.36. The number of carbonyl (C=O) groups is 2. The second kappa shape index (κ2) is 13.8. The van der Waals surface area contributed by atoms with Crippen LogP contribution >= 0.6 is 11.6 Å². The smallest absolute Gasteiger partial charge is 0.264 e. The first-order chi connectivity index (χ1) is 18.9. The topological polar surface area (TPSA) is 86.8 Å². The number of carbonyl (C=O) groups excluding carboxylic acids is 2. The molecule has 3 aromatic rings. The molecule has 0 aliphatic heterocycles. The van der Waals surface area contributed by atoms with Gasteiger partial charge < -0.3 is 10.2 Å². The summed E-state index contributed by atoms with van der Waals surface area (Å²) in [6, 6.07) is 20.2. The molecule has 0 saturated carbocycles. The van der Waals surface area contributed by atoms with Crippen LogP contribution in [-0.4, -0.2) is 50.3 Å². The van der Waals surface area contributed by atoms with E-state index >= 15 is 0 Å². The van der Waals surface area contributed by atoms with Crippen molar-refractivity contribution in [3.05, 3.63) is 94.5 Å². The first-order valence-corrected chi connectivity index (χ1v) is 15.2. The van der Waals surface area contributed by atoms with Crippen LogP contribution in [0.3, 0.4) is 0 Å². The van der Waals surface area contributed by atoms with Crippen molar-refractivity contribution in [3.63, 3.8) is 0 Å². The fourth-order valence-corrected chi connectivity index (χ4v) is 5.96. The Labute approximate surface area is 243 Å². The van der Waals surface area contributed by atoms with Crippen LogP contribution in [0.25, 0.3) is 0 Å². The molecule has 3 aromatic carbocycles. The predicted octanol–water partition coefficient (Wildman–Crippen LogP) is 5.53. The third-order valence-electron chi connectivity index (χ3n) is 6.63. The molecule has 3 rings (SSSR count). The Morgan fingerprint density at radius 3 is 2.17 bits per heavy atom. The number of hydrogen-bond acceptors (Lipinski definition) is 4. The average molecular weight is 584 g/mol. The number of anilines is 1. The van der Waals surface area contributed by atoms with Crippen molar-refractivity contribution < 1.29 is 18.0 Å². The molecule has 0 aliphatic rings. The van der Waals surface area contributed by atoms with E-state index < -0.39 is 28.5 Å². The van der Waals surface area contributed by atoms with Gasteiger partial charge >= 0.3 is 0 Å². The van der Waals surface area contributed by atoms with Crippen LogP contribution in [0, 0.1) is 13.8 Å². The standard InChI is InChI=1S/C31H38ClN3O4S/c1-6-29(31(37)33-22(2)3)34(19-18-25-10-8-7-9-11-25)30(36)21-35(26-15-14-24(5)28(32)20-26)40(38,39)27-16-12-23(4)13-17-27/h7-17,20,22,29H,6,18-19,21H2,1-5H3,(H,33,37)/t29-/m1/s1. The summed E-state index contributed by atoms with van der Waals surface area (Å²) in [7, 11) is -4.14. The number of rotatable bonds is 12. The molecular weight excluding hydrogens is 546 g/mol. The van der Waals surface area contributed by atoms with Crippen LogP contribution in [0.1, 0.15) is 43.9 Å². The Kier molecular flexibility index (Phi) is 10.8. The number of aryl methyl sites for hydroxylation is 2. The fourth-order valence-electron chi connectivity index (χ4n) is 4.38. The summed E-state index contributed by atoms with van der Waals surface area (Å²) in [4.78, 5) is 28.8. The van der Waals surface area contributed by atoms with E-state index in [0.29, 0.717) is 17.9 Å². The van der Waals surface area contributed by atoms with Gasteiger partial charge in [0.25, 0.3) is 10.0 Å². The molecule has 0 unspecified atom stereocenters. The number of sulfonamides is 1. The second-order valence-corrected chi connectivity index (χ2v) is 12.4. The van der Waals surface area contributed by atoms with Crippen LogP contribution < -0.4 is 9.62 Å². The predicted molar refractivity (Wildman–Crippen MR) is 161 cm³/mol. The van der Waals surface area contributed by atoms with Crippen LogP contribution in [0.5, 0.6) is 0 Å². The number of nitrogens with one attached hydrogen (secondary N) is 1. The van der Waals surface area contributed by atoms with Gasteiger partial charge in [-0.3, -0.25) is 13.9 Å². The zero-order valence-electron chi connectivity index (χ0n) is 23.7. The third kappa shape index (κ3) is 7.86. The molecule has 7 nitrogen and oxygen atoms in total. The molecule has 2 amide bonds. The van der Waals surface area contributed by atoms with Crippen molar-refractivity contribution in [3.8, 4) is 0 Å². The summed E-state index contributed by atoms with van der Waals surface area (Å²) in [6.45, 7) is 9.01. The number of benzene rings is 3. The van der Waals surface area contributed by atoms with E-state index in [0.717, 1.165) is 21.0 Å². The summed E-state index contributed by atoms with van der Waals surface area (Å²) in [5.41, 5.74) is 2.97. The fraction of sp³-hybridized carbons (Fsp3) is 0.355. The van der Waals surface area contributed by atoms with Crippen LogP contribution in [0.4, 0.5) is 5.69 Å². The maximum Gasteiger partial charge on any atom is 0.264 e. The molecule has 0 bridgehead atoms. The van der Waals surface area contributed by atoms with E-state index in [4.69, 9.17) is 11.6 Å². The van der Waals surface area contributed by atoms with Gasteiger partial charge in [0, 0.05) is 17.6 Å². The summed E-state index contributed by atoms with van der Waals surface area (Å²) >= 11 is 6.38. The minimum atomic E-state index is -4.14. The van der Waals surface area contributed by atoms with Crippen molar-refractivity contribution in [1.82, 2.24) is 10.2 Å². The van der Waals surface area contributed by atoms with Gasteiger partial charge in [-0.1, -0.05) is 72.6 Å². The normalized spacial score (nSPS) is 12.2. The SMILES string of the molecule is CC[C@H](C(=O)NC(C)C)N(CCc1ccccc1)C(=O)CN(c1ccc(C)c(Cl)c1)S(=O)(=O)c1ccc(C)cc1. The zero-order chi connectivity index (χ0) is 29.4. The molecule has 0 aromatic heterocycles. The lowest BCUT2D eigenvalue weighted by Gasteiger charge is -2.33. The highest BCUT2D eigenvalue weighted by Gasteiger charge is 2.33. The molecule has 1 atom stereocenters. The largest absolute Gasteiger partial charge is 0.352 e. The Bertz CT molecular complexity index is 1410. The molecule has 40 heavy (non-hydrogen) atoms. The van der Waals surface area contributed by atoms with Crippen molar-refractivity contribution in [2.45, 2.75) is 64.4 Å². The first-order valence-electron chi connectivity index (χ1n) is 13.4. The molecule has 1 N–H and O–H groups in total. The van der Waals surface area contributed by atoms with Crippen LogP contribution in [0.2, 0.25) is 5.02 Å². The first kappa shape index (κ1) is 31.2. The summed E-state index contributed by atoms with van der Waals surface area (Å²) in [5.74, 6) is -0.751. The summed E-state index contributed by atoms with van der Waals surface area (Å²) in [5, 5.41) is 3.29. The summed E-state index contributed by atoms with van der Waals surface area (Å²) in [6.07, 6.45) is 0.888. The molecule has 9 heteroatoms. The lowest BCUT2D eigenvalue weighted by molar-refractivity contribution is -0.139. The van der Waals surface area contributed by atoms with Crippen molar-refractivity contribution in [2.75, 3.05) is 17.4 Å². The molecular formula is C31H38ClN3O4S. The van der Waals surface area contributed by atoms with E-state index in [9.17, 15) is 18.0 Å². The van der Waals surface area contributed by atoms with Crippen LogP contribution in [-0.2, 0) is 26.0 Å². The van der Waals surface area contributed by atoms with Crippen molar-refractivity contribution in [2.24, 2.45) is 0 Å². The number of hydrogen-bond donors (Lipinski definition) is 1. The molecule has 0 aliphatic carbocycles. The molecule has 0 spiro atoms. The second-order valence-electron chi connectivity index (χ2n) is 10.2. The minimum Gasteiger partial charge on any atom is -0.352 e. The van der Waals surface area contributed by atoms with E-state index in [1.54, 1.807) is 30.3 Å². The van der Waals surface area contributed by atoms with Gasteiger partial charge in [0.05, 0.1) is 10.6 Å². The Morgan fingerprint density at radius 2 is 1.60 bits per heavy atom. The lowest BCUT2D eigenvalue weighted by Crippen LogP contribution is -2.54. The maximum absolute atomic E-state index is 14.0. The van der Waals surface area contributed by atoms with Gasteiger partial charge in [-0.25, -0.2) is 8.42 Å². The third-order valence-corrected chi connectivity index (χ3v) is 8.83. The van der Waals surface area contributed by atoms with Crippen molar-refractivity contribution in [1.29, 1.82) is 0 Å². The maximum atomic E-state index is 14.0. The van der Waals surface area contributed by atoms with Gasteiger partial charge in [-0.15, -0.1) is 0 Å². The van der Waals surface area contributed by atoms with Crippen LogP contribution in [0.15, 0.2) is 77.7 Å². The quantitative estimate of drug-likeness (QED) is 0.304. The van der Waals surface area contributed by atoms with E-state index in [2.05, 4.69) is 5.32 Å². The Morgan fingerprint density at radius 1 is 0.950 bits per heavy atom. The van der Waals surface area contributed by atoms with E-state index in [-0.39, 0.29) is 29.1 Å². The lowest BCUT2D eigenvalue weighted by atomic mass is 10.1. The van der Waals surface area contributed by atoms with E-state index in [1.807, 2.05) is 65.0 Å². The molecule has 0 saturated heterocycles. The highest BCUT2D eigenvalue weighted by Crippen LogP contribution is 2.28. The number of nitrogens with zero attached hydrogens (tertiary/aromatic N) is 2. The number of amides is 2. The monoisotopic (exact) mass is 583 g/mol. The van der Waals surface area contributed by atoms with Gasteiger partial charge in [0.15, 0.2) is 0 Å². The molecule has 214 valence electrons. The highest BCUT2D eigenvalue weighted by molar-refractivity contribution is 7.92. The van der Waals surface area contributed by atoms with Crippen molar-refractivity contribution >= 4 is 39.1 Å². The average Bonchev–Trinajstić information content (AvgIpc) is 2.91. The van der Waals surface area contributed by atoms with E-state index in [1.165, 1.54) is 17.0 Å². The van der Waals surface area contributed by atoms with Gasteiger partial charge in [-0.05, 0) is 75.9 Å². The van der Waals surface area contributed by atoms with Gasteiger partial charge in [-0.2, -0.15) is 0 Å².